The fourth-order valence-corrected chi connectivity index (χ4v) is 2.04. The summed E-state index contributed by atoms with van der Waals surface area (Å²) in [6.45, 7) is 1.14. The molecule has 0 spiro atoms. The highest BCUT2D eigenvalue weighted by atomic mass is 16.5. The summed E-state index contributed by atoms with van der Waals surface area (Å²) < 4.78 is 17.0. The average Bonchev–Trinajstić information content (AvgIpc) is 3.23. The van der Waals surface area contributed by atoms with Crippen molar-refractivity contribution in [1.82, 2.24) is 25.1 Å². The van der Waals surface area contributed by atoms with E-state index in [9.17, 15) is 0 Å². The molecule has 0 aliphatic heterocycles. The van der Waals surface area contributed by atoms with Crippen molar-refractivity contribution in [2.45, 2.75) is 13.0 Å². The summed E-state index contributed by atoms with van der Waals surface area (Å²) in [5, 5.41) is 12.0. The van der Waals surface area contributed by atoms with Gasteiger partial charge in [0.05, 0.1) is 26.5 Å². The summed E-state index contributed by atoms with van der Waals surface area (Å²) >= 11 is 0. The van der Waals surface area contributed by atoms with Crippen molar-refractivity contribution in [3.05, 3.63) is 41.9 Å². The third-order valence-corrected chi connectivity index (χ3v) is 3.26. The molecule has 2 heterocycles. The van der Waals surface area contributed by atoms with Crippen molar-refractivity contribution < 1.29 is 14.0 Å². The van der Waals surface area contributed by atoms with Gasteiger partial charge in [0, 0.05) is 13.5 Å². The van der Waals surface area contributed by atoms with Crippen molar-refractivity contribution in [3.63, 3.8) is 0 Å². The number of ether oxygens (including phenoxy) is 2. The summed E-state index contributed by atoms with van der Waals surface area (Å²) in [5.74, 6) is 1.77. The highest BCUT2D eigenvalue weighted by Crippen LogP contribution is 2.15. The molecule has 0 N–H and O–H groups in total. The fourth-order valence-electron chi connectivity index (χ4n) is 2.04. The summed E-state index contributed by atoms with van der Waals surface area (Å²) in [6.07, 6.45) is 2.37. The van der Waals surface area contributed by atoms with Crippen LogP contribution in [0.4, 0.5) is 0 Å². The molecule has 0 atom stereocenters. The van der Waals surface area contributed by atoms with E-state index in [4.69, 9.17) is 14.0 Å². The van der Waals surface area contributed by atoms with Gasteiger partial charge in [-0.05, 0) is 17.7 Å². The van der Waals surface area contributed by atoms with Crippen LogP contribution < -0.4 is 4.74 Å². The Labute approximate surface area is 133 Å². The normalized spacial score (nSPS) is 10.9. The van der Waals surface area contributed by atoms with Crippen LogP contribution in [0.5, 0.6) is 5.75 Å². The SMILES string of the molecule is COCCc1noc(-c2cn(Cc3ccc(OC)cc3)nn2)n1. The molecule has 120 valence electrons. The van der Waals surface area contributed by atoms with Crippen molar-refractivity contribution in [1.29, 1.82) is 0 Å². The number of rotatable bonds is 7. The smallest absolute Gasteiger partial charge is 0.280 e. The minimum atomic E-state index is 0.358. The van der Waals surface area contributed by atoms with Gasteiger partial charge in [-0.1, -0.05) is 22.5 Å². The molecular weight excluding hydrogens is 298 g/mol. The van der Waals surface area contributed by atoms with Crippen LogP contribution in [0.25, 0.3) is 11.6 Å². The number of hydrogen-bond acceptors (Lipinski definition) is 7. The third-order valence-electron chi connectivity index (χ3n) is 3.26. The number of benzene rings is 1. The third kappa shape index (κ3) is 3.72. The molecule has 0 aliphatic carbocycles. The lowest BCUT2D eigenvalue weighted by Gasteiger charge is -2.02. The molecule has 8 heteroatoms. The van der Waals surface area contributed by atoms with E-state index in [1.807, 2.05) is 24.3 Å². The van der Waals surface area contributed by atoms with Gasteiger partial charge in [-0.25, -0.2) is 4.68 Å². The summed E-state index contributed by atoms with van der Waals surface area (Å²) in [6, 6.07) is 7.78. The average molecular weight is 315 g/mol. The molecule has 0 fully saturated rings. The van der Waals surface area contributed by atoms with E-state index in [1.165, 1.54) is 0 Å². The van der Waals surface area contributed by atoms with Crippen LogP contribution in [0.15, 0.2) is 35.0 Å². The van der Waals surface area contributed by atoms with Crippen LogP contribution >= 0.6 is 0 Å². The lowest BCUT2D eigenvalue weighted by atomic mass is 10.2. The van der Waals surface area contributed by atoms with Gasteiger partial charge in [0.2, 0.25) is 0 Å². The van der Waals surface area contributed by atoms with Gasteiger partial charge in [0.15, 0.2) is 11.5 Å². The molecule has 0 unspecified atom stereocenters. The van der Waals surface area contributed by atoms with Crippen molar-refractivity contribution in [3.8, 4) is 17.3 Å². The minimum Gasteiger partial charge on any atom is -0.497 e. The van der Waals surface area contributed by atoms with E-state index >= 15 is 0 Å². The Morgan fingerprint density at radius 3 is 2.74 bits per heavy atom. The Kier molecular flexibility index (Phi) is 4.62. The molecule has 0 radical (unpaired) electrons. The predicted molar refractivity (Wildman–Crippen MR) is 81.0 cm³/mol. The molecule has 23 heavy (non-hydrogen) atoms. The van der Waals surface area contributed by atoms with Crippen LogP contribution in [-0.2, 0) is 17.7 Å². The highest BCUT2D eigenvalue weighted by molar-refractivity contribution is 5.43. The van der Waals surface area contributed by atoms with E-state index in [-0.39, 0.29) is 0 Å². The van der Waals surface area contributed by atoms with Gasteiger partial charge < -0.3 is 14.0 Å². The molecule has 1 aromatic carbocycles. The zero-order chi connectivity index (χ0) is 16.1. The van der Waals surface area contributed by atoms with Crippen molar-refractivity contribution in [2.24, 2.45) is 0 Å². The molecule has 0 aliphatic rings. The van der Waals surface area contributed by atoms with Crippen LogP contribution in [0.2, 0.25) is 0 Å². The zero-order valence-corrected chi connectivity index (χ0v) is 13.0. The molecule has 0 amide bonds. The van der Waals surface area contributed by atoms with Gasteiger partial charge in [-0.3, -0.25) is 0 Å². The Balaban J connectivity index is 1.68. The maximum Gasteiger partial charge on any atom is 0.280 e. The van der Waals surface area contributed by atoms with E-state index in [0.717, 1.165) is 11.3 Å². The fraction of sp³-hybridized carbons (Fsp3) is 0.333. The number of hydrogen-bond donors (Lipinski definition) is 0. The highest BCUT2D eigenvalue weighted by Gasteiger charge is 2.12. The first kappa shape index (κ1) is 15.2. The largest absolute Gasteiger partial charge is 0.497 e. The maximum absolute atomic E-state index is 5.19. The van der Waals surface area contributed by atoms with Crippen LogP contribution in [-0.4, -0.2) is 46.0 Å². The van der Waals surface area contributed by atoms with Crippen LogP contribution in [0, 0.1) is 0 Å². The second kappa shape index (κ2) is 7.01. The van der Waals surface area contributed by atoms with Gasteiger partial charge in [0.1, 0.15) is 5.75 Å². The minimum absolute atomic E-state index is 0.358. The Morgan fingerprint density at radius 2 is 2.00 bits per heavy atom. The Bertz CT molecular complexity index is 751. The monoisotopic (exact) mass is 315 g/mol. The van der Waals surface area contributed by atoms with Gasteiger partial charge in [0.25, 0.3) is 5.89 Å². The topological polar surface area (TPSA) is 88.1 Å². The molecule has 0 saturated heterocycles. The number of methoxy groups -OCH3 is 2. The second-order valence-corrected chi connectivity index (χ2v) is 4.91. The summed E-state index contributed by atoms with van der Waals surface area (Å²) in [7, 11) is 3.27. The first-order chi connectivity index (χ1) is 11.3. The molecule has 0 bridgehead atoms. The number of aromatic nitrogens is 5. The van der Waals surface area contributed by atoms with Gasteiger partial charge in [-0.15, -0.1) is 5.10 Å². The second-order valence-electron chi connectivity index (χ2n) is 4.91. The van der Waals surface area contributed by atoms with E-state index in [0.29, 0.717) is 37.0 Å². The van der Waals surface area contributed by atoms with Crippen LogP contribution in [0.3, 0.4) is 0 Å². The quantitative estimate of drug-likeness (QED) is 0.654. The molecule has 8 nitrogen and oxygen atoms in total. The van der Waals surface area contributed by atoms with Gasteiger partial charge >= 0.3 is 0 Å². The number of nitrogens with zero attached hydrogens (tertiary/aromatic N) is 5. The molecule has 3 rings (SSSR count). The molecular formula is C15H17N5O3. The van der Waals surface area contributed by atoms with Crippen molar-refractivity contribution in [2.75, 3.05) is 20.8 Å². The zero-order valence-electron chi connectivity index (χ0n) is 13.0. The summed E-state index contributed by atoms with van der Waals surface area (Å²) in [5.41, 5.74) is 1.64. The first-order valence-electron chi connectivity index (χ1n) is 7.13. The molecule has 0 saturated carbocycles. The van der Waals surface area contributed by atoms with Crippen molar-refractivity contribution >= 4 is 0 Å². The molecule has 2 aromatic heterocycles. The lowest BCUT2D eigenvalue weighted by molar-refractivity contribution is 0.199. The maximum atomic E-state index is 5.19. The lowest BCUT2D eigenvalue weighted by Crippen LogP contribution is -2.00. The summed E-state index contributed by atoms with van der Waals surface area (Å²) in [4.78, 5) is 4.27. The Morgan fingerprint density at radius 1 is 1.17 bits per heavy atom. The predicted octanol–water partition coefficient (Wildman–Crippen LogP) is 1.57. The first-order valence-corrected chi connectivity index (χ1v) is 7.13. The standard InChI is InChI=1S/C15H17N5O3/c1-21-8-7-14-16-15(23-18-14)13-10-20(19-17-13)9-11-3-5-12(22-2)6-4-11/h3-6,10H,7-9H2,1-2H3. The van der Waals surface area contributed by atoms with E-state index in [1.54, 1.807) is 25.1 Å². The van der Waals surface area contributed by atoms with E-state index < -0.39 is 0 Å². The Hall–Kier alpha value is -2.74. The van der Waals surface area contributed by atoms with Crippen LogP contribution in [0.1, 0.15) is 11.4 Å². The van der Waals surface area contributed by atoms with Gasteiger partial charge in [-0.2, -0.15) is 4.98 Å². The van der Waals surface area contributed by atoms with E-state index in [2.05, 4.69) is 20.5 Å². The molecule has 3 aromatic rings.